The first kappa shape index (κ1) is 16.2. The fourth-order valence-electron chi connectivity index (χ4n) is 2.97. The lowest BCUT2D eigenvalue weighted by Crippen LogP contribution is -2.24. The molecule has 2 N–H and O–H groups in total. The Morgan fingerprint density at radius 1 is 1.08 bits per heavy atom. The zero-order chi connectivity index (χ0) is 17.9. The van der Waals surface area contributed by atoms with E-state index in [1.165, 1.54) is 0 Å². The molecule has 0 unspecified atom stereocenters. The van der Waals surface area contributed by atoms with Gasteiger partial charge in [0.2, 0.25) is 12.7 Å². The topological polar surface area (TPSA) is 80.4 Å². The molecule has 2 aromatic carbocycles. The third kappa shape index (κ3) is 3.39. The fourth-order valence-corrected chi connectivity index (χ4v) is 2.97. The van der Waals surface area contributed by atoms with Gasteiger partial charge in [0.25, 0.3) is 5.56 Å². The molecule has 3 aromatic rings. The summed E-state index contributed by atoms with van der Waals surface area (Å²) in [6, 6.07) is 15.0. The van der Waals surface area contributed by atoms with E-state index in [-0.39, 0.29) is 24.7 Å². The Kier molecular flexibility index (Phi) is 4.31. The summed E-state index contributed by atoms with van der Waals surface area (Å²) in [4.78, 5) is 27.1. The molecule has 2 heterocycles. The molecule has 1 amide bonds. The number of pyridine rings is 1. The van der Waals surface area contributed by atoms with Gasteiger partial charge in [-0.3, -0.25) is 9.59 Å². The predicted octanol–water partition coefficient (Wildman–Crippen LogP) is 2.51. The van der Waals surface area contributed by atoms with Gasteiger partial charge in [0.05, 0.1) is 0 Å². The molecular weight excluding hydrogens is 332 g/mol. The lowest BCUT2D eigenvalue weighted by molar-refractivity contribution is -0.121. The first-order valence-electron chi connectivity index (χ1n) is 8.45. The Balaban J connectivity index is 1.35. The van der Waals surface area contributed by atoms with E-state index in [1.54, 1.807) is 0 Å². The molecule has 1 aliphatic heterocycles. The first-order valence-corrected chi connectivity index (χ1v) is 8.45. The predicted molar refractivity (Wildman–Crippen MR) is 97.3 cm³/mol. The molecular formula is C20H18N2O4. The van der Waals surface area contributed by atoms with Crippen LogP contribution in [0.2, 0.25) is 0 Å². The van der Waals surface area contributed by atoms with E-state index >= 15 is 0 Å². The van der Waals surface area contributed by atoms with Crippen LogP contribution in [0, 0.1) is 0 Å². The molecule has 1 aliphatic rings. The molecule has 4 rings (SSSR count). The van der Waals surface area contributed by atoms with E-state index in [4.69, 9.17) is 9.47 Å². The number of nitrogens with one attached hydrogen (secondary N) is 2. The van der Waals surface area contributed by atoms with Crippen LogP contribution in [0.25, 0.3) is 10.9 Å². The smallest absolute Gasteiger partial charge is 0.251 e. The Labute approximate surface area is 149 Å². The van der Waals surface area contributed by atoms with E-state index in [0.29, 0.717) is 24.3 Å². The normalized spacial score (nSPS) is 12.3. The standard InChI is InChI=1S/C20H18N2O4/c23-19(21-11-13-5-7-17-18(9-13)26-12-25-17)8-6-15-10-14-3-1-2-4-16(14)22-20(15)24/h1-5,7,9-10H,6,8,11-12H2,(H,21,23)(H,22,24). The maximum atomic E-state index is 12.1. The van der Waals surface area contributed by atoms with Crippen LogP contribution in [0.3, 0.4) is 0 Å². The van der Waals surface area contributed by atoms with Crippen molar-refractivity contribution >= 4 is 16.8 Å². The summed E-state index contributed by atoms with van der Waals surface area (Å²) in [5.41, 5.74) is 2.20. The van der Waals surface area contributed by atoms with Crippen LogP contribution in [-0.2, 0) is 17.8 Å². The highest BCUT2D eigenvalue weighted by Gasteiger charge is 2.13. The van der Waals surface area contributed by atoms with Crippen molar-refractivity contribution in [1.29, 1.82) is 0 Å². The summed E-state index contributed by atoms with van der Waals surface area (Å²) in [5, 5.41) is 3.83. The Morgan fingerprint density at radius 3 is 2.85 bits per heavy atom. The zero-order valence-electron chi connectivity index (χ0n) is 14.1. The van der Waals surface area contributed by atoms with Crippen LogP contribution in [0.5, 0.6) is 11.5 Å². The summed E-state index contributed by atoms with van der Waals surface area (Å²) in [6.45, 7) is 0.634. The number of hydrogen-bond donors (Lipinski definition) is 2. The fraction of sp³-hybridized carbons (Fsp3) is 0.200. The van der Waals surface area contributed by atoms with Crippen LogP contribution < -0.4 is 20.3 Å². The largest absolute Gasteiger partial charge is 0.454 e. The lowest BCUT2D eigenvalue weighted by atomic mass is 10.1. The van der Waals surface area contributed by atoms with Gasteiger partial charge in [-0.25, -0.2) is 0 Å². The van der Waals surface area contributed by atoms with Crippen molar-refractivity contribution in [2.24, 2.45) is 0 Å². The van der Waals surface area contributed by atoms with Crippen molar-refractivity contribution < 1.29 is 14.3 Å². The number of aryl methyl sites for hydroxylation is 1. The average molecular weight is 350 g/mol. The Hall–Kier alpha value is -3.28. The number of aromatic nitrogens is 1. The monoisotopic (exact) mass is 350 g/mol. The number of hydrogen-bond acceptors (Lipinski definition) is 4. The van der Waals surface area contributed by atoms with Crippen molar-refractivity contribution in [3.63, 3.8) is 0 Å². The molecule has 0 aliphatic carbocycles. The van der Waals surface area contributed by atoms with Crippen LogP contribution in [-0.4, -0.2) is 17.7 Å². The molecule has 6 heteroatoms. The minimum atomic E-state index is -0.146. The number of fused-ring (bicyclic) bond motifs is 2. The van der Waals surface area contributed by atoms with Crippen LogP contribution in [0.15, 0.2) is 53.3 Å². The van der Waals surface area contributed by atoms with Gasteiger partial charge in [-0.1, -0.05) is 24.3 Å². The molecule has 0 saturated carbocycles. The van der Waals surface area contributed by atoms with E-state index in [9.17, 15) is 9.59 Å². The summed E-state index contributed by atoms with van der Waals surface area (Å²) in [6.07, 6.45) is 0.652. The van der Waals surface area contributed by atoms with E-state index < -0.39 is 0 Å². The SMILES string of the molecule is O=C(CCc1cc2ccccc2[nH]c1=O)NCc1ccc2c(c1)OCO2. The molecule has 0 bridgehead atoms. The van der Waals surface area contributed by atoms with Gasteiger partial charge >= 0.3 is 0 Å². The molecule has 0 spiro atoms. The van der Waals surface area contributed by atoms with Crippen LogP contribution >= 0.6 is 0 Å². The third-order valence-electron chi connectivity index (χ3n) is 4.38. The number of para-hydroxylation sites is 1. The summed E-state index contributed by atoms with van der Waals surface area (Å²) in [5.74, 6) is 1.31. The molecule has 0 atom stereocenters. The number of H-pyrrole nitrogens is 1. The molecule has 6 nitrogen and oxygen atoms in total. The number of amides is 1. The average Bonchev–Trinajstić information content (AvgIpc) is 3.12. The second kappa shape index (κ2) is 6.92. The van der Waals surface area contributed by atoms with Gasteiger partial charge in [-0.2, -0.15) is 0 Å². The van der Waals surface area contributed by atoms with Gasteiger partial charge in [0.15, 0.2) is 11.5 Å². The van der Waals surface area contributed by atoms with Crippen LogP contribution in [0.1, 0.15) is 17.5 Å². The maximum Gasteiger partial charge on any atom is 0.251 e. The van der Waals surface area contributed by atoms with Gasteiger partial charge in [-0.15, -0.1) is 0 Å². The van der Waals surface area contributed by atoms with Crippen LogP contribution in [0.4, 0.5) is 0 Å². The van der Waals surface area contributed by atoms with Crippen molar-refractivity contribution in [3.05, 3.63) is 70.0 Å². The summed E-state index contributed by atoms with van der Waals surface area (Å²) in [7, 11) is 0. The number of carbonyl (C=O) groups excluding carboxylic acids is 1. The molecule has 26 heavy (non-hydrogen) atoms. The number of carbonyl (C=O) groups is 1. The Bertz CT molecular complexity index is 1030. The van der Waals surface area contributed by atoms with E-state index in [2.05, 4.69) is 10.3 Å². The zero-order valence-corrected chi connectivity index (χ0v) is 14.1. The highest BCUT2D eigenvalue weighted by atomic mass is 16.7. The van der Waals surface area contributed by atoms with E-state index in [0.717, 1.165) is 22.2 Å². The lowest BCUT2D eigenvalue weighted by Gasteiger charge is -2.07. The minimum absolute atomic E-state index is 0.102. The molecule has 1 aromatic heterocycles. The summed E-state index contributed by atoms with van der Waals surface area (Å²) < 4.78 is 10.6. The first-order chi connectivity index (χ1) is 12.7. The van der Waals surface area contributed by atoms with Gasteiger partial charge in [0.1, 0.15) is 0 Å². The molecule has 0 radical (unpaired) electrons. The summed E-state index contributed by atoms with van der Waals surface area (Å²) >= 11 is 0. The number of benzene rings is 2. The van der Waals surface area contributed by atoms with E-state index in [1.807, 2.05) is 48.5 Å². The third-order valence-corrected chi connectivity index (χ3v) is 4.38. The van der Waals surface area contributed by atoms with Crippen molar-refractivity contribution in [3.8, 4) is 11.5 Å². The minimum Gasteiger partial charge on any atom is -0.454 e. The Morgan fingerprint density at radius 2 is 1.92 bits per heavy atom. The molecule has 132 valence electrons. The van der Waals surface area contributed by atoms with Gasteiger partial charge in [0, 0.05) is 24.0 Å². The number of ether oxygens (including phenoxy) is 2. The quantitative estimate of drug-likeness (QED) is 0.741. The number of aromatic amines is 1. The van der Waals surface area contributed by atoms with Crippen molar-refractivity contribution in [1.82, 2.24) is 10.3 Å². The molecule has 0 saturated heterocycles. The highest BCUT2D eigenvalue weighted by molar-refractivity contribution is 5.79. The van der Waals surface area contributed by atoms with Gasteiger partial charge in [-0.05, 0) is 41.6 Å². The second-order valence-electron chi connectivity index (χ2n) is 6.18. The number of rotatable bonds is 5. The maximum absolute atomic E-state index is 12.1. The second-order valence-corrected chi connectivity index (χ2v) is 6.18. The van der Waals surface area contributed by atoms with Crippen molar-refractivity contribution in [2.45, 2.75) is 19.4 Å². The van der Waals surface area contributed by atoms with Gasteiger partial charge < -0.3 is 19.8 Å². The molecule has 0 fully saturated rings. The van der Waals surface area contributed by atoms with Crippen molar-refractivity contribution in [2.75, 3.05) is 6.79 Å². The highest BCUT2D eigenvalue weighted by Crippen LogP contribution is 2.32.